The topological polar surface area (TPSA) is 41.5 Å². The number of benzene rings is 1. The van der Waals surface area contributed by atoms with E-state index in [0.29, 0.717) is 0 Å². The van der Waals surface area contributed by atoms with Crippen LogP contribution in [0, 0.1) is 0 Å². The summed E-state index contributed by atoms with van der Waals surface area (Å²) in [5, 5.41) is 13.9. The van der Waals surface area contributed by atoms with Crippen LogP contribution in [-0.4, -0.2) is 30.5 Å². The van der Waals surface area contributed by atoms with Gasteiger partial charge in [-0.05, 0) is 49.9 Å². The summed E-state index contributed by atoms with van der Waals surface area (Å²) in [6.45, 7) is 0.121. The van der Waals surface area contributed by atoms with Gasteiger partial charge in [0.15, 0.2) is 0 Å². The number of aliphatic hydroxyl groups excluding tert-OH is 1. The predicted molar refractivity (Wildman–Crippen MR) is 74.2 cm³/mol. The van der Waals surface area contributed by atoms with Gasteiger partial charge >= 0.3 is 0 Å². The first kappa shape index (κ1) is 13.7. The number of hydrogen-bond acceptors (Lipinski definition) is 3. The highest BCUT2D eigenvalue weighted by Crippen LogP contribution is 2.33. The molecule has 0 radical (unpaired) electrons. The van der Waals surface area contributed by atoms with E-state index in [1.165, 1.54) is 0 Å². The number of rotatable bonds is 4. The molecule has 1 aliphatic carbocycles. The lowest BCUT2D eigenvalue weighted by molar-refractivity contribution is 0.0307. The van der Waals surface area contributed by atoms with Gasteiger partial charge < -0.3 is 15.2 Å². The van der Waals surface area contributed by atoms with Gasteiger partial charge in [0, 0.05) is 17.8 Å². The standard InChI is InChI=1S/C14H20ClNO2/c1-18-13-3-2-8-14(9-13,10-17)16-12-6-4-11(15)5-7-12/h4-7,13,16-17H,2-3,8-10H2,1H3. The molecule has 0 heterocycles. The van der Waals surface area contributed by atoms with Crippen molar-refractivity contribution in [1.82, 2.24) is 0 Å². The quantitative estimate of drug-likeness (QED) is 0.883. The molecule has 0 spiro atoms. The Morgan fingerprint density at radius 1 is 1.44 bits per heavy atom. The van der Waals surface area contributed by atoms with Crippen molar-refractivity contribution in [2.75, 3.05) is 19.0 Å². The van der Waals surface area contributed by atoms with Crippen molar-refractivity contribution in [2.24, 2.45) is 0 Å². The molecule has 1 aromatic carbocycles. The Morgan fingerprint density at radius 2 is 2.17 bits per heavy atom. The Bertz CT molecular complexity index is 382. The highest BCUT2D eigenvalue weighted by atomic mass is 35.5. The van der Waals surface area contributed by atoms with E-state index >= 15 is 0 Å². The lowest BCUT2D eigenvalue weighted by atomic mass is 9.80. The summed E-state index contributed by atoms with van der Waals surface area (Å²) in [4.78, 5) is 0. The molecule has 2 N–H and O–H groups in total. The molecule has 0 amide bonds. The maximum Gasteiger partial charge on any atom is 0.0662 e. The minimum absolute atomic E-state index is 0.121. The number of methoxy groups -OCH3 is 1. The summed E-state index contributed by atoms with van der Waals surface area (Å²) in [6.07, 6.45) is 4.17. The van der Waals surface area contributed by atoms with E-state index in [4.69, 9.17) is 16.3 Å². The molecular formula is C14H20ClNO2. The Morgan fingerprint density at radius 3 is 2.78 bits per heavy atom. The molecule has 1 aliphatic rings. The third kappa shape index (κ3) is 3.16. The van der Waals surface area contributed by atoms with Gasteiger partial charge in [-0.15, -0.1) is 0 Å². The third-order valence-corrected chi connectivity index (χ3v) is 3.94. The van der Waals surface area contributed by atoms with Gasteiger partial charge in [-0.1, -0.05) is 11.6 Å². The van der Waals surface area contributed by atoms with Gasteiger partial charge in [0.25, 0.3) is 0 Å². The zero-order chi connectivity index (χ0) is 13.0. The van der Waals surface area contributed by atoms with Crippen molar-refractivity contribution in [3.05, 3.63) is 29.3 Å². The highest BCUT2D eigenvalue weighted by molar-refractivity contribution is 6.30. The van der Waals surface area contributed by atoms with Crippen molar-refractivity contribution in [2.45, 2.75) is 37.3 Å². The molecule has 18 heavy (non-hydrogen) atoms. The van der Waals surface area contributed by atoms with E-state index in [0.717, 1.165) is 36.4 Å². The van der Waals surface area contributed by atoms with E-state index in [2.05, 4.69) is 5.32 Å². The number of nitrogens with one attached hydrogen (secondary N) is 1. The lowest BCUT2D eigenvalue weighted by Gasteiger charge is -2.40. The maximum absolute atomic E-state index is 9.73. The average Bonchev–Trinajstić information content (AvgIpc) is 2.42. The Kier molecular flexibility index (Phi) is 4.49. The summed E-state index contributed by atoms with van der Waals surface area (Å²) in [5.41, 5.74) is 0.720. The van der Waals surface area contributed by atoms with E-state index in [-0.39, 0.29) is 18.2 Å². The van der Waals surface area contributed by atoms with Crippen LogP contribution in [0.25, 0.3) is 0 Å². The van der Waals surface area contributed by atoms with E-state index in [1.54, 1.807) is 7.11 Å². The van der Waals surface area contributed by atoms with Crippen LogP contribution in [0.3, 0.4) is 0 Å². The van der Waals surface area contributed by atoms with Crippen molar-refractivity contribution in [3.8, 4) is 0 Å². The number of hydrogen-bond donors (Lipinski definition) is 2. The van der Waals surface area contributed by atoms with Crippen LogP contribution in [0.4, 0.5) is 5.69 Å². The molecule has 1 saturated carbocycles. The van der Waals surface area contributed by atoms with Crippen LogP contribution in [0.2, 0.25) is 5.02 Å². The van der Waals surface area contributed by atoms with Crippen molar-refractivity contribution >= 4 is 17.3 Å². The first-order valence-corrected chi connectivity index (χ1v) is 6.73. The Balaban J connectivity index is 2.09. The van der Waals surface area contributed by atoms with Crippen LogP contribution in [0.5, 0.6) is 0 Å². The normalized spacial score (nSPS) is 28.1. The lowest BCUT2D eigenvalue weighted by Crippen LogP contribution is -2.48. The highest BCUT2D eigenvalue weighted by Gasteiger charge is 2.35. The second kappa shape index (κ2) is 5.91. The van der Waals surface area contributed by atoms with Crippen molar-refractivity contribution < 1.29 is 9.84 Å². The monoisotopic (exact) mass is 269 g/mol. The fourth-order valence-electron chi connectivity index (χ4n) is 2.65. The van der Waals surface area contributed by atoms with E-state index in [1.807, 2.05) is 24.3 Å². The largest absolute Gasteiger partial charge is 0.394 e. The van der Waals surface area contributed by atoms with Gasteiger partial charge in [-0.3, -0.25) is 0 Å². The predicted octanol–water partition coefficient (Wildman–Crippen LogP) is 3.07. The summed E-state index contributed by atoms with van der Waals surface area (Å²) in [5.74, 6) is 0. The number of anilines is 1. The number of aliphatic hydroxyl groups is 1. The molecule has 1 aromatic rings. The molecule has 3 nitrogen and oxygen atoms in total. The average molecular weight is 270 g/mol. The molecule has 0 bridgehead atoms. The SMILES string of the molecule is COC1CCCC(CO)(Nc2ccc(Cl)cc2)C1. The first-order valence-electron chi connectivity index (χ1n) is 6.35. The van der Waals surface area contributed by atoms with Crippen molar-refractivity contribution in [1.29, 1.82) is 0 Å². The van der Waals surface area contributed by atoms with Gasteiger partial charge in [0.2, 0.25) is 0 Å². The molecule has 4 heteroatoms. The van der Waals surface area contributed by atoms with Crippen LogP contribution in [-0.2, 0) is 4.74 Å². The summed E-state index contributed by atoms with van der Waals surface area (Å²) >= 11 is 5.87. The second-order valence-electron chi connectivity index (χ2n) is 5.02. The first-order chi connectivity index (χ1) is 8.67. The third-order valence-electron chi connectivity index (χ3n) is 3.69. The summed E-state index contributed by atoms with van der Waals surface area (Å²) in [6, 6.07) is 7.59. The van der Waals surface area contributed by atoms with Crippen molar-refractivity contribution in [3.63, 3.8) is 0 Å². The Hall–Kier alpha value is -0.770. The maximum atomic E-state index is 9.73. The van der Waals surface area contributed by atoms with Crippen LogP contribution >= 0.6 is 11.6 Å². The zero-order valence-electron chi connectivity index (χ0n) is 10.7. The number of ether oxygens (including phenoxy) is 1. The van der Waals surface area contributed by atoms with E-state index < -0.39 is 0 Å². The second-order valence-corrected chi connectivity index (χ2v) is 5.46. The van der Waals surface area contributed by atoms with Crippen LogP contribution < -0.4 is 5.32 Å². The molecule has 2 unspecified atom stereocenters. The smallest absolute Gasteiger partial charge is 0.0662 e. The molecular weight excluding hydrogens is 250 g/mol. The van der Waals surface area contributed by atoms with Gasteiger partial charge in [-0.25, -0.2) is 0 Å². The van der Waals surface area contributed by atoms with Crippen LogP contribution in [0.1, 0.15) is 25.7 Å². The molecule has 100 valence electrons. The van der Waals surface area contributed by atoms with Gasteiger partial charge in [-0.2, -0.15) is 0 Å². The minimum atomic E-state index is -0.271. The summed E-state index contributed by atoms with van der Waals surface area (Å²) < 4.78 is 5.43. The number of halogens is 1. The molecule has 0 aromatic heterocycles. The Labute approximate surface area is 113 Å². The van der Waals surface area contributed by atoms with Gasteiger partial charge in [0.1, 0.15) is 0 Å². The molecule has 2 rings (SSSR count). The molecule has 1 fully saturated rings. The fraction of sp³-hybridized carbons (Fsp3) is 0.571. The zero-order valence-corrected chi connectivity index (χ0v) is 11.4. The summed E-state index contributed by atoms with van der Waals surface area (Å²) in [7, 11) is 1.74. The van der Waals surface area contributed by atoms with Crippen LogP contribution in [0.15, 0.2) is 24.3 Å². The molecule has 0 aliphatic heterocycles. The molecule has 0 saturated heterocycles. The fourth-order valence-corrected chi connectivity index (χ4v) is 2.77. The van der Waals surface area contributed by atoms with E-state index in [9.17, 15) is 5.11 Å². The van der Waals surface area contributed by atoms with Gasteiger partial charge in [0.05, 0.1) is 18.2 Å². The minimum Gasteiger partial charge on any atom is -0.394 e. The molecule has 2 atom stereocenters.